The van der Waals surface area contributed by atoms with Gasteiger partial charge in [0, 0.05) is 31.1 Å². The lowest BCUT2D eigenvalue weighted by Crippen LogP contribution is -2.40. The van der Waals surface area contributed by atoms with Gasteiger partial charge in [0.2, 0.25) is 5.88 Å². The number of anilines is 1. The summed E-state index contributed by atoms with van der Waals surface area (Å²) in [5.41, 5.74) is 3.50. The Kier molecular flexibility index (Phi) is 10.2. The molecule has 1 N–H and O–H groups in total. The molecule has 0 atom stereocenters. The number of amidine groups is 1. The van der Waals surface area contributed by atoms with Crippen LogP contribution in [0.2, 0.25) is 5.02 Å². The van der Waals surface area contributed by atoms with Crippen LogP contribution in [0.25, 0.3) is 11.1 Å². The second-order valence-electron chi connectivity index (χ2n) is 13.2. The van der Waals surface area contributed by atoms with Crippen molar-refractivity contribution in [2.24, 2.45) is 4.99 Å². The van der Waals surface area contributed by atoms with E-state index in [9.17, 15) is 18.0 Å². The van der Waals surface area contributed by atoms with Crippen LogP contribution in [-0.4, -0.2) is 53.6 Å². The first-order valence-corrected chi connectivity index (χ1v) is 18.9. The molecule has 0 saturated heterocycles. The summed E-state index contributed by atoms with van der Waals surface area (Å²) >= 11 is 6.40. The average molecular weight is 716 g/mol. The number of hydrogen-bond donors (Lipinski definition) is 1. The standard InChI is InChI=1S/C38H42ClN5O5S/c1-5-6-17-34-40-38(20-11-12-21-38)37(46)44(34)23-27-18-19-29(28(22-27)24-43(4)36(45)31-14-7-9-15-32(31)39)30-13-8-10-16-33(30)50(47,48)42-35-25(2)26(3)41-49-35/h7-10,13-16,18-19,22,42H,5-6,11-12,17,20-21,23-24H2,1-4H3. The normalized spacial score (nSPS) is 15.5. The average Bonchev–Trinajstić information content (AvgIpc) is 3.78. The molecule has 0 bridgehead atoms. The van der Waals surface area contributed by atoms with Gasteiger partial charge < -0.3 is 9.42 Å². The predicted octanol–water partition coefficient (Wildman–Crippen LogP) is 7.93. The number of hydrogen-bond acceptors (Lipinski definition) is 7. The molecule has 262 valence electrons. The first-order chi connectivity index (χ1) is 23.9. The molecule has 0 unspecified atom stereocenters. The van der Waals surface area contributed by atoms with Crippen molar-refractivity contribution < 1.29 is 22.5 Å². The van der Waals surface area contributed by atoms with E-state index in [4.69, 9.17) is 21.1 Å². The van der Waals surface area contributed by atoms with E-state index < -0.39 is 15.6 Å². The Morgan fingerprint density at radius 3 is 2.46 bits per heavy atom. The summed E-state index contributed by atoms with van der Waals surface area (Å²) in [6.45, 7) is 6.06. The Labute approximate surface area is 298 Å². The third-order valence-corrected chi connectivity index (χ3v) is 11.4. The van der Waals surface area contributed by atoms with E-state index in [1.807, 2.05) is 23.1 Å². The minimum Gasteiger partial charge on any atom is -0.337 e. The maximum absolute atomic E-state index is 13.9. The number of sulfonamides is 1. The van der Waals surface area contributed by atoms with Gasteiger partial charge in [0.15, 0.2) is 0 Å². The minimum absolute atomic E-state index is 0.0365. The zero-order chi connectivity index (χ0) is 35.6. The molecule has 50 heavy (non-hydrogen) atoms. The molecule has 1 saturated carbocycles. The van der Waals surface area contributed by atoms with Gasteiger partial charge in [-0.3, -0.25) is 19.5 Å². The highest BCUT2D eigenvalue weighted by atomic mass is 35.5. The van der Waals surface area contributed by atoms with Gasteiger partial charge in [-0.05, 0) is 68.0 Å². The van der Waals surface area contributed by atoms with Crippen LogP contribution in [0.3, 0.4) is 0 Å². The number of halogens is 1. The number of nitrogens with one attached hydrogen (secondary N) is 1. The topological polar surface area (TPSA) is 125 Å². The van der Waals surface area contributed by atoms with Crippen LogP contribution in [0.4, 0.5) is 5.88 Å². The lowest BCUT2D eigenvalue weighted by molar-refractivity contribution is -0.131. The first-order valence-electron chi connectivity index (χ1n) is 17.0. The van der Waals surface area contributed by atoms with Crippen LogP contribution >= 0.6 is 11.6 Å². The molecule has 1 fully saturated rings. The molecule has 0 radical (unpaired) electrons. The van der Waals surface area contributed by atoms with Crippen molar-refractivity contribution in [2.45, 2.75) is 89.2 Å². The second-order valence-corrected chi connectivity index (χ2v) is 15.3. The van der Waals surface area contributed by atoms with Gasteiger partial charge in [0.05, 0.1) is 27.7 Å². The van der Waals surface area contributed by atoms with Crippen molar-refractivity contribution in [1.29, 1.82) is 0 Å². The van der Waals surface area contributed by atoms with Crippen LogP contribution in [0, 0.1) is 13.8 Å². The van der Waals surface area contributed by atoms with E-state index in [0.717, 1.165) is 56.3 Å². The number of nitrogens with zero attached hydrogens (tertiary/aromatic N) is 4. The highest BCUT2D eigenvalue weighted by Crippen LogP contribution is 2.41. The van der Waals surface area contributed by atoms with E-state index >= 15 is 0 Å². The Bertz CT molecular complexity index is 2070. The molecule has 12 heteroatoms. The lowest BCUT2D eigenvalue weighted by Gasteiger charge is -2.25. The summed E-state index contributed by atoms with van der Waals surface area (Å²) in [6.07, 6.45) is 6.17. The summed E-state index contributed by atoms with van der Waals surface area (Å²) in [7, 11) is -2.44. The highest BCUT2D eigenvalue weighted by Gasteiger charge is 2.49. The van der Waals surface area contributed by atoms with Gasteiger partial charge in [0.1, 0.15) is 11.4 Å². The Morgan fingerprint density at radius 1 is 1.04 bits per heavy atom. The molecule has 4 aromatic rings. The number of aryl methyl sites for hydroxylation is 1. The van der Waals surface area contributed by atoms with E-state index in [0.29, 0.717) is 45.1 Å². The zero-order valence-corrected chi connectivity index (χ0v) is 30.4. The lowest BCUT2D eigenvalue weighted by atomic mass is 9.95. The first kappa shape index (κ1) is 35.3. The molecule has 2 aliphatic rings. The summed E-state index contributed by atoms with van der Waals surface area (Å²) in [5, 5.41) is 4.22. The Balaban J connectivity index is 1.40. The number of benzene rings is 3. The molecular weight excluding hydrogens is 674 g/mol. The SMILES string of the molecule is CCCCC1=NC2(CCCC2)C(=O)N1Cc1ccc(-c2ccccc2S(=O)(=O)Nc2onc(C)c2C)c(CN(C)C(=O)c2ccccc2Cl)c1. The van der Waals surface area contributed by atoms with Crippen molar-refractivity contribution in [3.63, 3.8) is 0 Å². The molecule has 10 nitrogen and oxygen atoms in total. The van der Waals surface area contributed by atoms with Crippen molar-refractivity contribution in [2.75, 3.05) is 11.8 Å². The number of carbonyl (C=O) groups is 2. The molecule has 1 aromatic heterocycles. The van der Waals surface area contributed by atoms with Crippen molar-refractivity contribution >= 4 is 45.2 Å². The fourth-order valence-electron chi connectivity index (χ4n) is 6.80. The molecular formula is C38H42ClN5O5S. The van der Waals surface area contributed by atoms with Crippen LogP contribution in [0.5, 0.6) is 0 Å². The van der Waals surface area contributed by atoms with Crippen molar-refractivity contribution in [3.05, 3.63) is 99.7 Å². The number of rotatable bonds is 12. The van der Waals surface area contributed by atoms with Gasteiger partial charge in [-0.1, -0.05) is 91.5 Å². The number of aliphatic imine (C=N–C) groups is 1. The maximum atomic E-state index is 13.9. The van der Waals surface area contributed by atoms with E-state index in [1.165, 1.54) is 6.07 Å². The summed E-state index contributed by atoms with van der Waals surface area (Å²) in [6, 6.07) is 19.3. The highest BCUT2D eigenvalue weighted by molar-refractivity contribution is 7.92. The molecule has 2 heterocycles. The van der Waals surface area contributed by atoms with Gasteiger partial charge in [-0.15, -0.1) is 0 Å². The maximum Gasteiger partial charge on any atom is 0.264 e. The number of aromatic nitrogens is 1. The van der Waals surface area contributed by atoms with Gasteiger partial charge in [-0.25, -0.2) is 13.1 Å². The van der Waals surface area contributed by atoms with Crippen molar-refractivity contribution in [3.8, 4) is 11.1 Å². The third kappa shape index (κ3) is 6.93. The molecule has 1 aliphatic carbocycles. The fourth-order valence-corrected chi connectivity index (χ4v) is 8.28. The molecule has 2 amide bonds. The summed E-state index contributed by atoms with van der Waals surface area (Å²) in [5.74, 6) is 0.653. The summed E-state index contributed by atoms with van der Waals surface area (Å²) in [4.78, 5) is 36.0. The molecule has 6 rings (SSSR count). The number of carbonyl (C=O) groups excluding carboxylic acids is 2. The van der Waals surface area contributed by atoms with E-state index in [-0.39, 0.29) is 29.1 Å². The minimum atomic E-state index is -4.13. The monoisotopic (exact) mass is 715 g/mol. The largest absolute Gasteiger partial charge is 0.337 e. The van der Waals surface area contributed by atoms with Crippen molar-refractivity contribution in [1.82, 2.24) is 15.0 Å². The Hall–Kier alpha value is -4.48. The van der Waals surface area contributed by atoms with Crippen LogP contribution in [-0.2, 0) is 27.9 Å². The van der Waals surface area contributed by atoms with Crippen LogP contribution in [0.15, 0.2) is 81.1 Å². The number of amides is 2. The zero-order valence-electron chi connectivity index (χ0n) is 28.8. The predicted molar refractivity (Wildman–Crippen MR) is 195 cm³/mol. The van der Waals surface area contributed by atoms with Crippen LogP contribution in [0.1, 0.15) is 84.6 Å². The number of unbranched alkanes of at least 4 members (excludes halogenated alkanes) is 1. The molecule has 1 spiro atoms. The molecule has 3 aromatic carbocycles. The smallest absolute Gasteiger partial charge is 0.264 e. The third-order valence-electron chi connectivity index (χ3n) is 9.70. The van der Waals surface area contributed by atoms with Crippen LogP contribution < -0.4 is 4.72 Å². The second kappa shape index (κ2) is 14.4. The Morgan fingerprint density at radius 2 is 1.76 bits per heavy atom. The fraction of sp³-hybridized carbons (Fsp3) is 0.368. The quantitative estimate of drug-likeness (QED) is 0.159. The molecule has 1 aliphatic heterocycles. The van der Waals surface area contributed by atoms with E-state index in [1.54, 1.807) is 68.3 Å². The van der Waals surface area contributed by atoms with E-state index in [2.05, 4.69) is 16.8 Å². The van der Waals surface area contributed by atoms with Gasteiger partial charge in [0.25, 0.3) is 21.8 Å². The van der Waals surface area contributed by atoms with Gasteiger partial charge >= 0.3 is 0 Å². The summed E-state index contributed by atoms with van der Waals surface area (Å²) < 4.78 is 35.6. The van der Waals surface area contributed by atoms with Gasteiger partial charge in [-0.2, -0.15) is 0 Å².